The Morgan fingerprint density at radius 2 is 1.76 bits per heavy atom. The molecule has 34 heavy (non-hydrogen) atoms. The van der Waals surface area contributed by atoms with Crippen LogP contribution in [0.2, 0.25) is 0 Å². The zero-order valence-electron chi connectivity index (χ0n) is 18.5. The van der Waals surface area contributed by atoms with Gasteiger partial charge in [-0.15, -0.1) is 0 Å². The van der Waals surface area contributed by atoms with E-state index in [4.69, 9.17) is 0 Å². The van der Waals surface area contributed by atoms with Crippen LogP contribution in [0.4, 0.5) is 34.4 Å². The number of nitrogens with zero attached hydrogens (tertiary/aromatic N) is 6. The van der Waals surface area contributed by atoms with Crippen molar-refractivity contribution in [3.05, 3.63) is 59.1 Å². The minimum absolute atomic E-state index is 0.210. The van der Waals surface area contributed by atoms with Gasteiger partial charge in [0.25, 0.3) is 5.56 Å². The van der Waals surface area contributed by atoms with Crippen molar-refractivity contribution in [2.75, 3.05) is 28.6 Å². The van der Waals surface area contributed by atoms with Crippen LogP contribution in [0.5, 0.6) is 0 Å². The van der Waals surface area contributed by atoms with Crippen LogP contribution in [0.3, 0.4) is 0 Å². The summed E-state index contributed by atoms with van der Waals surface area (Å²) in [4.78, 5) is 36.9. The van der Waals surface area contributed by atoms with E-state index in [2.05, 4.69) is 52.8 Å². The second-order valence-corrected chi connectivity index (χ2v) is 7.97. The van der Waals surface area contributed by atoms with Crippen LogP contribution >= 0.6 is 0 Å². The summed E-state index contributed by atoms with van der Waals surface area (Å²) in [7, 11) is 1.75. The van der Waals surface area contributed by atoms with Crippen LogP contribution in [-0.2, 0) is 11.8 Å². The lowest BCUT2D eigenvalue weighted by Crippen LogP contribution is -2.17. The summed E-state index contributed by atoms with van der Waals surface area (Å²) in [5.41, 5.74) is 3.80. The first kappa shape index (κ1) is 21.3. The molecule has 0 spiro atoms. The highest BCUT2D eigenvalue weighted by molar-refractivity contribution is 5.84. The minimum atomic E-state index is -0.369. The van der Waals surface area contributed by atoms with E-state index in [0.29, 0.717) is 29.1 Å². The number of aromatic amines is 1. The number of rotatable bonds is 7. The SMILES string of the molecule is Cn1cnc2c(=O)[nH]c(Nc3cc(N=Nc4ccc(N5CCCC5)cc4)ccc3NC=O)nc21. The van der Waals surface area contributed by atoms with Gasteiger partial charge in [-0.25, -0.2) is 4.98 Å². The van der Waals surface area contributed by atoms with Crippen molar-refractivity contribution in [3.63, 3.8) is 0 Å². The second-order valence-electron chi connectivity index (χ2n) is 7.97. The molecule has 0 bridgehead atoms. The van der Waals surface area contributed by atoms with Crippen molar-refractivity contribution in [2.24, 2.45) is 17.3 Å². The standard InChI is InChI=1S/C23H23N9O2/c1-31-13-24-20-21(31)27-23(28-22(20)34)26-19-12-16(6-9-18(19)25-14-33)30-29-15-4-7-17(8-5-15)32-10-2-3-11-32/h4-9,12-14H,2-3,10-11H2,1H3,(H,25,33)(H2,26,27,28,34). The predicted octanol–water partition coefficient (Wildman–Crippen LogP) is 3.98. The molecule has 5 rings (SSSR count). The van der Waals surface area contributed by atoms with E-state index >= 15 is 0 Å². The van der Waals surface area contributed by atoms with E-state index in [1.807, 2.05) is 12.1 Å². The van der Waals surface area contributed by atoms with Gasteiger partial charge in [0, 0.05) is 25.8 Å². The number of hydrogen-bond donors (Lipinski definition) is 3. The highest BCUT2D eigenvalue weighted by Gasteiger charge is 2.12. The first-order chi connectivity index (χ1) is 16.6. The molecule has 11 nitrogen and oxygen atoms in total. The number of aromatic nitrogens is 4. The molecule has 1 amide bonds. The highest BCUT2D eigenvalue weighted by Crippen LogP contribution is 2.30. The Labute approximate surface area is 194 Å². The molecule has 0 aliphatic carbocycles. The quantitative estimate of drug-likeness (QED) is 0.284. The van der Waals surface area contributed by atoms with Crippen molar-refractivity contribution in [2.45, 2.75) is 12.8 Å². The number of anilines is 4. The van der Waals surface area contributed by atoms with Gasteiger partial charge >= 0.3 is 0 Å². The number of benzene rings is 2. The van der Waals surface area contributed by atoms with Crippen molar-refractivity contribution < 1.29 is 4.79 Å². The zero-order chi connectivity index (χ0) is 23.5. The average molecular weight is 457 g/mol. The highest BCUT2D eigenvalue weighted by atomic mass is 16.1. The topological polar surface area (TPSA) is 133 Å². The number of aryl methyl sites for hydroxylation is 1. The Balaban J connectivity index is 1.40. The number of azo groups is 1. The molecule has 4 aromatic rings. The summed E-state index contributed by atoms with van der Waals surface area (Å²) in [6, 6.07) is 13.1. The molecular weight excluding hydrogens is 434 g/mol. The molecule has 1 saturated heterocycles. The molecule has 0 atom stereocenters. The summed E-state index contributed by atoms with van der Waals surface area (Å²) < 4.78 is 1.65. The van der Waals surface area contributed by atoms with E-state index in [-0.39, 0.29) is 17.0 Å². The second kappa shape index (κ2) is 9.14. The predicted molar refractivity (Wildman–Crippen MR) is 131 cm³/mol. The molecule has 1 aliphatic heterocycles. The Kier molecular flexibility index (Phi) is 5.73. The molecular formula is C23H23N9O2. The Morgan fingerprint density at radius 3 is 2.53 bits per heavy atom. The Bertz CT molecular complexity index is 1420. The van der Waals surface area contributed by atoms with Gasteiger partial charge < -0.3 is 20.1 Å². The van der Waals surface area contributed by atoms with E-state index in [0.717, 1.165) is 18.8 Å². The van der Waals surface area contributed by atoms with Crippen LogP contribution in [0.1, 0.15) is 12.8 Å². The zero-order valence-corrected chi connectivity index (χ0v) is 18.5. The average Bonchev–Trinajstić information content (AvgIpc) is 3.51. The first-order valence-electron chi connectivity index (χ1n) is 10.9. The first-order valence-corrected chi connectivity index (χ1v) is 10.9. The van der Waals surface area contributed by atoms with Crippen LogP contribution in [-0.4, -0.2) is 39.0 Å². The molecule has 0 unspecified atom stereocenters. The normalized spacial score (nSPS) is 13.6. The van der Waals surface area contributed by atoms with Crippen molar-refractivity contribution >= 4 is 52.0 Å². The maximum atomic E-state index is 12.3. The fraction of sp³-hybridized carbons (Fsp3) is 0.217. The number of carbonyl (C=O) groups excluding carboxylic acids is 1. The monoisotopic (exact) mass is 457 g/mol. The largest absolute Gasteiger partial charge is 0.372 e. The maximum absolute atomic E-state index is 12.3. The minimum Gasteiger partial charge on any atom is -0.372 e. The number of fused-ring (bicyclic) bond motifs is 1. The molecule has 172 valence electrons. The summed E-state index contributed by atoms with van der Waals surface area (Å²) in [5.74, 6) is 0.210. The summed E-state index contributed by atoms with van der Waals surface area (Å²) in [6.45, 7) is 2.18. The van der Waals surface area contributed by atoms with Crippen molar-refractivity contribution in [1.82, 2.24) is 19.5 Å². The Hall–Kier alpha value is -4.54. The number of hydrogen-bond acceptors (Lipinski definition) is 8. The van der Waals surface area contributed by atoms with Crippen molar-refractivity contribution in [3.8, 4) is 0 Å². The van der Waals surface area contributed by atoms with E-state index in [9.17, 15) is 9.59 Å². The molecule has 0 radical (unpaired) electrons. The van der Waals surface area contributed by atoms with E-state index < -0.39 is 0 Å². The molecule has 11 heteroatoms. The molecule has 1 fully saturated rings. The third-order valence-electron chi connectivity index (χ3n) is 5.64. The number of carbonyl (C=O) groups is 1. The molecule has 1 aliphatic rings. The molecule has 2 aromatic heterocycles. The fourth-order valence-corrected chi connectivity index (χ4v) is 3.91. The van der Waals surface area contributed by atoms with Gasteiger partial charge in [-0.3, -0.25) is 14.6 Å². The number of amides is 1. The third-order valence-corrected chi connectivity index (χ3v) is 5.64. The van der Waals surface area contributed by atoms with Gasteiger partial charge in [-0.2, -0.15) is 15.2 Å². The number of imidazole rings is 1. The molecule has 0 saturated carbocycles. The maximum Gasteiger partial charge on any atom is 0.280 e. The summed E-state index contributed by atoms with van der Waals surface area (Å²) in [6.07, 6.45) is 4.55. The lowest BCUT2D eigenvalue weighted by molar-refractivity contribution is -0.105. The van der Waals surface area contributed by atoms with E-state index in [1.54, 1.807) is 29.8 Å². The van der Waals surface area contributed by atoms with Gasteiger partial charge in [0.15, 0.2) is 11.2 Å². The van der Waals surface area contributed by atoms with Gasteiger partial charge in [-0.05, 0) is 55.3 Å². The van der Waals surface area contributed by atoms with E-state index in [1.165, 1.54) is 24.9 Å². The smallest absolute Gasteiger partial charge is 0.280 e. The van der Waals surface area contributed by atoms with Crippen LogP contribution in [0, 0.1) is 0 Å². The lowest BCUT2D eigenvalue weighted by Gasteiger charge is -2.17. The van der Waals surface area contributed by atoms with Gasteiger partial charge in [-0.1, -0.05) is 0 Å². The van der Waals surface area contributed by atoms with Crippen LogP contribution in [0.15, 0.2) is 63.8 Å². The van der Waals surface area contributed by atoms with Gasteiger partial charge in [0.2, 0.25) is 12.4 Å². The Morgan fingerprint density at radius 1 is 1.03 bits per heavy atom. The number of H-pyrrole nitrogens is 1. The van der Waals surface area contributed by atoms with Crippen LogP contribution < -0.4 is 21.1 Å². The van der Waals surface area contributed by atoms with Gasteiger partial charge in [0.05, 0.1) is 29.1 Å². The number of nitrogens with one attached hydrogen (secondary N) is 3. The lowest BCUT2D eigenvalue weighted by atomic mass is 10.2. The third kappa shape index (κ3) is 4.35. The molecule has 2 aromatic carbocycles. The fourth-order valence-electron chi connectivity index (χ4n) is 3.91. The van der Waals surface area contributed by atoms with Crippen molar-refractivity contribution in [1.29, 1.82) is 0 Å². The van der Waals surface area contributed by atoms with Crippen LogP contribution in [0.25, 0.3) is 11.2 Å². The summed E-state index contributed by atoms with van der Waals surface area (Å²) in [5, 5.41) is 14.3. The molecule has 3 N–H and O–H groups in total. The summed E-state index contributed by atoms with van der Waals surface area (Å²) >= 11 is 0. The van der Waals surface area contributed by atoms with Gasteiger partial charge in [0.1, 0.15) is 0 Å². The molecule has 3 heterocycles.